The first kappa shape index (κ1) is 21.1. The molecule has 2 rings (SSSR count). The van der Waals surface area contributed by atoms with E-state index in [1.165, 1.54) is 5.56 Å². The molecule has 2 aromatic carbocycles. The number of nitrogens with zero attached hydrogens (tertiary/aromatic N) is 1. The highest BCUT2D eigenvalue weighted by molar-refractivity contribution is 7.89. The van der Waals surface area contributed by atoms with Gasteiger partial charge in [0.15, 0.2) is 0 Å². The van der Waals surface area contributed by atoms with E-state index in [1.54, 1.807) is 36.2 Å². The molecule has 1 N–H and O–H groups in total. The first-order valence-electron chi connectivity index (χ1n) is 9.17. The van der Waals surface area contributed by atoms with Crippen LogP contribution in [0.5, 0.6) is 0 Å². The Morgan fingerprint density at radius 3 is 2.30 bits per heavy atom. The first-order valence-corrected chi connectivity index (χ1v) is 10.7. The van der Waals surface area contributed by atoms with Crippen molar-refractivity contribution >= 4 is 21.6 Å². The lowest BCUT2D eigenvalue weighted by molar-refractivity contribution is -0.118. The number of amides is 1. The lowest BCUT2D eigenvalue weighted by atomic mass is 10.1. The van der Waals surface area contributed by atoms with Crippen molar-refractivity contribution in [2.45, 2.75) is 44.9 Å². The molecule has 0 aliphatic heterocycles. The molecule has 6 heteroatoms. The number of aryl methyl sites for hydroxylation is 3. The molecule has 0 spiro atoms. The average molecular weight is 389 g/mol. The lowest BCUT2D eigenvalue weighted by Gasteiger charge is -2.18. The van der Waals surface area contributed by atoms with Crippen molar-refractivity contribution in [2.75, 3.05) is 18.5 Å². The normalized spacial score (nSPS) is 11.4. The van der Waals surface area contributed by atoms with E-state index in [1.807, 2.05) is 39.0 Å². The van der Waals surface area contributed by atoms with E-state index in [0.29, 0.717) is 19.4 Å². The van der Waals surface area contributed by atoms with E-state index in [4.69, 9.17) is 0 Å². The summed E-state index contributed by atoms with van der Waals surface area (Å²) in [6, 6.07) is 12.7. The molecule has 0 bridgehead atoms. The Morgan fingerprint density at radius 1 is 1.04 bits per heavy atom. The number of benzene rings is 2. The molecule has 0 atom stereocenters. The third-order valence-corrected chi connectivity index (χ3v) is 6.13. The predicted octanol–water partition coefficient (Wildman–Crippen LogP) is 3.59. The van der Waals surface area contributed by atoms with Crippen LogP contribution < -0.4 is 9.62 Å². The molecular weight excluding hydrogens is 360 g/mol. The van der Waals surface area contributed by atoms with Gasteiger partial charge in [-0.25, -0.2) is 13.1 Å². The van der Waals surface area contributed by atoms with E-state index >= 15 is 0 Å². The average Bonchev–Trinajstić information content (AvgIpc) is 2.66. The van der Waals surface area contributed by atoms with Crippen molar-refractivity contribution in [3.8, 4) is 0 Å². The zero-order valence-corrected chi connectivity index (χ0v) is 17.3. The number of carbonyl (C=O) groups excluding carboxylic acids is 1. The highest BCUT2D eigenvalue weighted by atomic mass is 32.2. The number of sulfonamides is 1. The fraction of sp³-hybridized carbons (Fsp3) is 0.381. The summed E-state index contributed by atoms with van der Waals surface area (Å²) in [5, 5.41) is 0. The fourth-order valence-electron chi connectivity index (χ4n) is 2.65. The predicted molar refractivity (Wildman–Crippen MR) is 110 cm³/mol. The van der Waals surface area contributed by atoms with Gasteiger partial charge in [0.1, 0.15) is 0 Å². The molecule has 0 radical (unpaired) electrons. The fourth-order valence-corrected chi connectivity index (χ4v) is 3.79. The molecule has 0 aliphatic rings. The summed E-state index contributed by atoms with van der Waals surface area (Å²) in [4.78, 5) is 14.4. The van der Waals surface area contributed by atoms with Crippen LogP contribution >= 0.6 is 0 Å². The molecule has 0 unspecified atom stereocenters. The van der Waals surface area contributed by atoms with Gasteiger partial charge in [0.2, 0.25) is 15.9 Å². The van der Waals surface area contributed by atoms with Crippen molar-refractivity contribution in [1.29, 1.82) is 0 Å². The summed E-state index contributed by atoms with van der Waals surface area (Å²) in [5.74, 6) is 0.0274. The summed E-state index contributed by atoms with van der Waals surface area (Å²) in [6.07, 6.45) is 1.67. The Kier molecular flexibility index (Phi) is 7.16. The standard InChI is InChI=1S/C21H28N2O3S/c1-5-14-22-27(25,26)20-11-7-18(8-12-20)9-13-21(24)23(4)19-10-6-16(2)17(3)15-19/h6-8,10-12,15,22H,5,9,13-14H2,1-4H3. The smallest absolute Gasteiger partial charge is 0.240 e. The topological polar surface area (TPSA) is 66.5 Å². The molecule has 0 fully saturated rings. The second-order valence-electron chi connectivity index (χ2n) is 6.76. The van der Waals surface area contributed by atoms with Crippen LogP contribution in [0.3, 0.4) is 0 Å². The Hall–Kier alpha value is -2.18. The van der Waals surface area contributed by atoms with Gasteiger partial charge in [-0.2, -0.15) is 0 Å². The monoisotopic (exact) mass is 388 g/mol. The number of hydrogen-bond acceptors (Lipinski definition) is 3. The minimum atomic E-state index is -3.45. The van der Waals surface area contributed by atoms with E-state index in [9.17, 15) is 13.2 Å². The first-order chi connectivity index (χ1) is 12.7. The molecule has 0 heterocycles. The SMILES string of the molecule is CCCNS(=O)(=O)c1ccc(CCC(=O)N(C)c2ccc(C)c(C)c2)cc1. The van der Waals surface area contributed by atoms with E-state index in [2.05, 4.69) is 4.72 Å². The molecule has 2 aromatic rings. The van der Waals surface area contributed by atoms with Crippen molar-refractivity contribution in [3.05, 3.63) is 59.2 Å². The van der Waals surface area contributed by atoms with Crippen molar-refractivity contribution in [3.63, 3.8) is 0 Å². The molecule has 5 nitrogen and oxygen atoms in total. The zero-order chi connectivity index (χ0) is 20.0. The minimum absolute atomic E-state index is 0.0274. The summed E-state index contributed by atoms with van der Waals surface area (Å²) in [5.41, 5.74) is 4.17. The van der Waals surface area contributed by atoms with Crippen LogP contribution in [0.25, 0.3) is 0 Å². The van der Waals surface area contributed by atoms with Gasteiger partial charge in [0, 0.05) is 25.7 Å². The van der Waals surface area contributed by atoms with Crippen LogP contribution in [0.15, 0.2) is 47.4 Å². The summed E-state index contributed by atoms with van der Waals surface area (Å²) < 4.78 is 26.7. The maximum atomic E-state index is 12.5. The van der Waals surface area contributed by atoms with Crippen molar-refractivity contribution in [1.82, 2.24) is 4.72 Å². The number of anilines is 1. The Morgan fingerprint density at radius 2 is 1.70 bits per heavy atom. The molecule has 0 aliphatic carbocycles. The molecule has 0 saturated carbocycles. The molecule has 0 aromatic heterocycles. The third kappa shape index (κ3) is 5.65. The second kappa shape index (κ2) is 9.15. The highest BCUT2D eigenvalue weighted by Crippen LogP contribution is 2.19. The highest BCUT2D eigenvalue weighted by Gasteiger charge is 2.14. The number of hydrogen-bond donors (Lipinski definition) is 1. The Bertz CT molecular complexity index is 890. The molecular formula is C21H28N2O3S. The summed E-state index contributed by atoms with van der Waals surface area (Å²) in [6.45, 7) is 6.41. The summed E-state index contributed by atoms with van der Waals surface area (Å²) >= 11 is 0. The van der Waals surface area contributed by atoms with Crippen LogP contribution in [0, 0.1) is 13.8 Å². The van der Waals surface area contributed by atoms with E-state index < -0.39 is 10.0 Å². The molecule has 27 heavy (non-hydrogen) atoms. The quantitative estimate of drug-likeness (QED) is 0.751. The van der Waals surface area contributed by atoms with Gasteiger partial charge in [-0.05, 0) is 67.6 Å². The van der Waals surface area contributed by atoms with Crippen molar-refractivity contribution in [2.24, 2.45) is 0 Å². The molecule has 1 amide bonds. The minimum Gasteiger partial charge on any atom is -0.315 e. The zero-order valence-electron chi connectivity index (χ0n) is 16.5. The Balaban J connectivity index is 1.97. The lowest BCUT2D eigenvalue weighted by Crippen LogP contribution is -2.26. The van der Waals surface area contributed by atoms with Gasteiger partial charge in [-0.1, -0.05) is 25.1 Å². The van der Waals surface area contributed by atoms with E-state index in [0.717, 1.165) is 23.2 Å². The second-order valence-corrected chi connectivity index (χ2v) is 8.53. The van der Waals surface area contributed by atoms with Crippen LogP contribution in [0.4, 0.5) is 5.69 Å². The van der Waals surface area contributed by atoms with Gasteiger partial charge >= 0.3 is 0 Å². The van der Waals surface area contributed by atoms with Gasteiger partial charge in [0.25, 0.3) is 0 Å². The van der Waals surface area contributed by atoms with E-state index in [-0.39, 0.29) is 10.8 Å². The van der Waals surface area contributed by atoms with Gasteiger partial charge in [0.05, 0.1) is 4.90 Å². The largest absolute Gasteiger partial charge is 0.315 e. The van der Waals surface area contributed by atoms with Gasteiger partial charge in [-0.3, -0.25) is 4.79 Å². The Labute approximate surface area is 162 Å². The number of rotatable bonds is 8. The summed E-state index contributed by atoms with van der Waals surface area (Å²) in [7, 11) is -1.67. The number of carbonyl (C=O) groups is 1. The van der Waals surface area contributed by atoms with Gasteiger partial charge < -0.3 is 4.90 Å². The maximum absolute atomic E-state index is 12.5. The van der Waals surface area contributed by atoms with Crippen LogP contribution in [-0.4, -0.2) is 27.9 Å². The van der Waals surface area contributed by atoms with Crippen LogP contribution in [-0.2, 0) is 21.2 Å². The number of nitrogens with one attached hydrogen (secondary N) is 1. The molecule has 0 saturated heterocycles. The third-order valence-electron chi connectivity index (χ3n) is 4.66. The van der Waals surface area contributed by atoms with Crippen LogP contribution in [0.2, 0.25) is 0 Å². The maximum Gasteiger partial charge on any atom is 0.240 e. The molecule has 146 valence electrons. The van der Waals surface area contributed by atoms with Crippen molar-refractivity contribution < 1.29 is 13.2 Å². The van der Waals surface area contributed by atoms with Gasteiger partial charge in [-0.15, -0.1) is 0 Å². The van der Waals surface area contributed by atoms with Crippen LogP contribution in [0.1, 0.15) is 36.5 Å².